The molecular formula is C17H19N4O2Tl. The average Bonchev–Trinajstić information content (AvgIpc) is 3.20. The van der Waals surface area contributed by atoms with Gasteiger partial charge in [0.1, 0.15) is 0 Å². The van der Waals surface area contributed by atoms with Gasteiger partial charge >= 0.3 is 157 Å². The number of ether oxygens (including phenoxy) is 1. The van der Waals surface area contributed by atoms with E-state index in [1.165, 1.54) is 11.3 Å². The first-order valence-corrected chi connectivity index (χ1v) is 10.2. The molecule has 1 N–H and O–H groups in total. The molecule has 2 aliphatic rings. The fraction of sp³-hybridized carbons (Fsp3) is 0.412. The Morgan fingerprint density at radius 3 is 3.00 bits per heavy atom. The summed E-state index contributed by atoms with van der Waals surface area (Å²) < 4.78 is 8.10. The van der Waals surface area contributed by atoms with Gasteiger partial charge in [-0.2, -0.15) is 0 Å². The monoisotopic (exact) mass is 516 g/mol. The molecule has 24 heavy (non-hydrogen) atoms. The van der Waals surface area contributed by atoms with Gasteiger partial charge in [-0.1, -0.05) is 0 Å². The Kier molecular flexibility index (Phi) is 4.01. The number of anilines is 1. The van der Waals surface area contributed by atoms with Crippen LogP contribution in [0.4, 0.5) is 10.5 Å². The van der Waals surface area contributed by atoms with Gasteiger partial charge in [-0.25, -0.2) is 0 Å². The van der Waals surface area contributed by atoms with Gasteiger partial charge in [-0.3, -0.25) is 0 Å². The van der Waals surface area contributed by atoms with E-state index in [2.05, 4.69) is 24.9 Å². The van der Waals surface area contributed by atoms with Crippen molar-refractivity contribution in [2.24, 2.45) is 5.92 Å². The molecule has 1 aliphatic carbocycles. The number of hydrogen-bond acceptors (Lipinski definition) is 3. The summed E-state index contributed by atoms with van der Waals surface area (Å²) >= 11 is 0.748. The molecule has 3 atom stereocenters. The third-order valence-electron chi connectivity index (χ3n) is 5.00. The standard InChI is InChI=1S/C17H20N4O2.Tl/c1-3-21(17(22)18-2)10-4-5-14-11(6-10)15-12(8-23-14)16(15)13-7-19-9-20-13;/h4-7,9,12,15-16H,3,8H2,1-2H3,(H2,18,19,20,22);/q;+1/p-1/t12-,15+,16-;/m0./s1. The first-order valence-electron chi connectivity index (χ1n) is 8.19. The van der Waals surface area contributed by atoms with Gasteiger partial charge in [0.15, 0.2) is 0 Å². The minimum absolute atomic E-state index is 0.0891. The molecule has 0 saturated heterocycles. The number of urea groups is 1. The SMILES string of the molecule is CCN(C(=O)NC)c1ccc2c(c1)[C@@H]1[C@H](CO2)[C@H]1c1c[n]([Tl])cn1. The van der Waals surface area contributed by atoms with E-state index in [-0.39, 0.29) is 6.03 Å². The number of hydrogen-bond donors (Lipinski definition) is 1. The molecule has 2 amide bonds. The molecule has 1 aromatic carbocycles. The third-order valence-corrected chi connectivity index (χ3v) is 6.10. The Morgan fingerprint density at radius 2 is 2.33 bits per heavy atom. The van der Waals surface area contributed by atoms with E-state index in [0.29, 0.717) is 24.3 Å². The molecule has 6 nitrogen and oxygen atoms in total. The zero-order chi connectivity index (χ0) is 16.8. The Morgan fingerprint density at radius 1 is 1.50 bits per heavy atom. The van der Waals surface area contributed by atoms with Gasteiger partial charge in [-0.05, 0) is 0 Å². The van der Waals surface area contributed by atoms with Crippen molar-refractivity contribution in [3.05, 3.63) is 42.0 Å². The van der Waals surface area contributed by atoms with E-state index in [0.717, 1.165) is 44.1 Å². The Labute approximate surface area is 157 Å². The Bertz CT molecular complexity index is 791. The van der Waals surface area contributed by atoms with Crippen LogP contribution in [0.2, 0.25) is 0 Å². The summed E-state index contributed by atoms with van der Waals surface area (Å²) in [6.07, 6.45) is 4.09. The quantitative estimate of drug-likeness (QED) is 0.635. The molecule has 4 rings (SSSR count). The molecular weight excluding hydrogens is 497 g/mol. The molecule has 0 spiro atoms. The second kappa shape index (κ2) is 6.05. The second-order valence-corrected chi connectivity index (χ2v) is 8.61. The summed E-state index contributed by atoms with van der Waals surface area (Å²) in [5.74, 6) is 2.35. The fourth-order valence-electron chi connectivity index (χ4n) is 3.79. The first kappa shape index (κ1) is 15.9. The average molecular weight is 516 g/mol. The van der Waals surface area contributed by atoms with Crippen LogP contribution in [0.1, 0.15) is 30.0 Å². The number of rotatable bonds is 3. The van der Waals surface area contributed by atoms with Crippen LogP contribution >= 0.6 is 0 Å². The molecule has 122 valence electrons. The molecule has 7 heteroatoms. The molecule has 1 saturated carbocycles. The molecule has 2 aromatic rings. The molecule has 2 heterocycles. The zero-order valence-corrected chi connectivity index (χ0v) is 18.3. The van der Waals surface area contributed by atoms with Gasteiger partial charge < -0.3 is 0 Å². The van der Waals surface area contributed by atoms with Crippen molar-refractivity contribution in [3.63, 3.8) is 0 Å². The van der Waals surface area contributed by atoms with Crippen molar-refractivity contribution >= 4 is 37.8 Å². The zero-order valence-electron chi connectivity index (χ0n) is 13.8. The number of benzene rings is 1. The van der Waals surface area contributed by atoms with Crippen molar-refractivity contribution < 1.29 is 9.53 Å². The summed E-state index contributed by atoms with van der Waals surface area (Å²) in [5.41, 5.74) is 3.30. The number of nitrogens with one attached hydrogen (secondary N) is 1. The molecule has 1 aliphatic heterocycles. The van der Waals surface area contributed by atoms with E-state index in [9.17, 15) is 4.79 Å². The third kappa shape index (κ3) is 2.51. The van der Waals surface area contributed by atoms with Gasteiger partial charge in [0.05, 0.1) is 0 Å². The minimum atomic E-state index is -0.0891. The van der Waals surface area contributed by atoms with Crippen LogP contribution in [0.15, 0.2) is 30.7 Å². The predicted octanol–water partition coefficient (Wildman–Crippen LogP) is 1.87. The molecule has 1 aromatic heterocycles. The fourth-order valence-corrected chi connectivity index (χ4v) is 4.65. The van der Waals surface area contributed by atoms with E-state index in [4.69, 9.17) is 4.74 Å². The van der Waals surface area contributed by atoms with Gasteiger partial charge in [0.25, 0.3) is 0 Å². The maximum absolute atomic E-state index is 12.1. The Hall–Kier alpha value is -1.58. The maximum atomic E-state index is 12.1. The number of amides is 2. The first-order chi connectivity index (χ1) is 11.6. The predicted molar refractivity (Wildman–Crippen MR) is 91.8 cm³/mol. The van der Waals surface area contributed by atoms with Crippen molar-refractivity contribution in [1.29, 1.82) is 0 Å². The van der Waals surface area contributed by atoms with Crippen LogP contribution in [0.25, 0.3) is 0 Å². The summed E-state index contributed by atoms with van der Waals surface area (Å²) in [4.78, 5) is 18.4. The normalized spacial score (nSPS) is 23.6. The van der Waals surface area contributed by atoms with Gasteiger partial charge in [-0.15, -0.1) is 0 Å². The van der Waals surface area contributed by atoms with Crippen LogP contribution in [0, 0.1) is 5.92 Å². The number of aromatic nitrogens is 2. The van der Waals surface area contributed by atoms with Crippen molar-refractivity contribution in [2.75, 3.05) is 25.1 Å². The summed E-state index contributed by atoms with van der Waals surface area (Å²) in [6.45, 7) is 3.36. The number of nitrogens with zero attached hydrogens (tertiary/aromatic N) is 3. The number of fused-ring (bicyclic) bond motifs is 3. The summed E-state index contributed by atoms with van der Waals surface area (Å²) in [6, 6.07) is 5.98. The van der Waals surface area contributed by atoms with Gasteiger partial charge in [0, 0.05) is 0 Å². The number of carbonyl (C=O) groups excluding carboxylic acids is 1. The van der Waals surface area contributed by atoms with E-state index < -0.39 is 0 Å². The van der Waals surface area contributed by atoms with Crippen LogP contribution < -0.4 is 15.0 Å². The van der Waals surface area contributed by atoms with E-state index in [1.807, 2.05) is 25.4 Å². The second-order valence-electron chi connectivity index (χ2n) is 6.29. The van der Waals surface area contributed by atoms with Crippen molar-refractivity contribution in [3.8, 4) is 5.75 Å². The molecule has 1 fully saturated rings. The number of imidazole rings is 1. The van der Waals surface area contributed by atoms with Crippen LogP contribution in [0.5, 0.6) is 5.75 Å². The topological polar surface area (TPSA) is 59.4 Å². The van der Waals surface area contributed by atoms with E-state index >= 15 is 0 Å². The van der Waals surface area contributed by atoms with Crippen LogP contribution in [-0.2, 0) is 0 Å². The van der Waals surface area contributed by atoms with Crippen molar-refractivity contribution in [2.45, 2.75) is 18.8 Å². The molecule has 0 bridgehead atoms. The molecule has 0 unspecified atom stereocenters. The van der Waals surface area contributed by atoms with Crippen molar-refractivity contribution in [1.82, 2.24) is 12.7 Å². The summed E-state index contributed by atoms with van der Waals surface area (Å²) in [7, 11) is 1.66. The molecule has 0 radical (unpaired) electrons. The van der Waals surface area contributed by atoms with Crippen LogP contribution in [-0.4, -0.2) is 59.7 Å². The summed E-state index contributed by atoms with van der Waals surface area (Å²) in [5, 5.41) is 2.70. The van der Waals surface area contributed by atoms with Crippen LogP contribution in [0.3, 0.4) is 0 Å². The Balaban J connectivity index is 1.67. The van der Waals surface area contributed by atoms with Gasteiger partial charge in [0.2, 0.25) is 0 Å². The van der Waals surface area contributed by atoms with E-state index in [1.54, 1.807) is 11.9 Å². The number of carbonyl (C=O) groups is 1.